The molecule has 24 heavy (non-hydrogen) atoms. The van der Waals surface area contributed by atoms with Crippen molar-refractivity contribution in [2.45, 2.75) is 24.3 Å². The number of thioether (sulfide) groups is 1. The van der Waals surface area contributed by atoms with E-state index in [-0.39, 0.29) is 11.8 Å². The highest BCUT2D eigenvalue weighted by atomic mass is 32.2. The number of nitriles is 1. The van der Waals surface area contributed by atoms with Gasteiger partial charge in [0.05, 0.1) is 24.8 Å². The highest BCUT2D eigenvalue weighted by molar-refractivity contribution is 7.99. The second kappa shape index (κ2) is 9.30. The molecule has 1 saturated heterocycles. The highest BCUT2D eigenvalue weighted by Crippen LogP contribution is 2.19. The second-order valence-electron chi connectivity index (χ2n) is 5.46. The molecular weight excluding hydrogens is 326 g/mol. The van der Waals surface area contributed by atoms with Crippen LogP contribution in [0.1, 0.15) is 18.9 Å². The first kappa shape index (κ1) is 18.3. The minimum Gasteiger partial charge on any atom is -0.378 e. The van der Waals surface area contributed by atoms with Crippen LogP contribution in [0, 0.1) is 11.3 Å². The van der Waals surface area contributed by atoms with E-state index < -0.39 is 6.04 Å². The molecule has 0 radical (unpaired) electrons. The Balaban J connectivity index is 1.70. The van der Waals surface area contributed by atoms with Crippen molar-refractivity contribution in [2.24, 2.45) is 0 Å². The molecule has 128 valence electrons. The lowest BCUT2D eigenvalue weighted by molar-refractivity contribution is -0.139. The first-order valence-corrected chi connectivity index (χ1v) is 8.87. The summed E-state index contributed by atoms with van der Waals surface area (Å²) in [4.78, 5) is 26.9. The van der Waals surface area contributed by atoms with Crippen LogP contribution < -0.4 is 5.32 Å². The van der Waals surface area contributed by atoms with Crippen LogP contribution in [0.3, 0.4) is 0 Å². The molecule has 0 bridgehead atoms. The number of morpholine rings is 1. The zero-order valence-corrected chi connectivity index (χ0v) is 14.5. The monoisotopic (exact) mass is 347 g/mol. The Bertz CT molecular complexity index is 607. The average Bonchev–Trinajstić information content (AvgIpc) is 2.62. The molecule has 0 aliphatic carbocycles. The first-order valence-electron chi connectivity index (χ1n) is 7.89. The van der Waals surface area contributed by atoms with Gasteiger partial charge in [0.25, 0.3) is 0 Å². The maximum absolute atomic E-state index is 12.2. The topological polar surface area (TPSA) is 82.4 Å². The van der Waals surface area contributed by atoms with E-state index in [0.717, 1.165) is 4.90 Å². The van der Waals surface area contributed by atoms with E-state index in [0.29, 0.717) is 44.0 Å². The quantitative estimate of drug-likeness (QED) is 0.787. The lowest BCUT2D eigenvalue weighted by Gasteiger charge is -2.29. The van der Waals surface area contributed by atoms with Crippen molar-refractivity contribution in [1.82, 2.24) is 10.2 Å². The summed E-state index contributed by atoms with van der Waals surface area (Å²) in [5.74, 6) is 0.424. The zero-order valence-electron chi connectivity index (χ0n) is 13.7. The Morgan fingerprint density at radius 1 is 1.33 bits per heavy atom. The average molecular weight is 347 g/mol. The van der Waals surface area contributed by atoms with Gasteiger partial charge in [-0.25, -0.2) is 0 Å². The summed E-state index contributed by atoms with van der Waals surface area (Å²) in [6.07, 6.45) is 0.339. The van der Waals surface area contributed by atoms with Gasteiger partial charge in [0.15, 0.2) is 0 Å². The van der Waals surface area contributed by atoms with Crippen molar-refractivity contribution in [3.8, 4) is 6.07 Å². The van der Waals surface area contributed by atoms with Gasteiger partial charge in [-0.15, -0.1) is 11.8 Å². The normalized spacial score (nSPS) is 15.4. The van der Waals surface area contributed by atoms with E-state index in [2.05, 4.69) is 11.4 Å². The lowest BCUT2D eigenvalue weighted by atomic mass is 10.2. The van der Waals surface area contributed by atoms with Gasteiger partial charge >= 0.3 is 0 Å². The van der Waals surface area contributed by atoms with Crippen molar-refractivity contribution in [2.75, 3.05) is 32.1 Å². The molecule has 2 rings (SSSR count). The van der Waals surface area contributed by atoms with Gasteiger partial charge in [0.1, 0.15) is 6.04 Å². The predicted octanol–water partition coefficient (Wildman–Crippen LogP) is 1.40. The summed E-state index contributed by atoms with van der Waals surface area (Å²) < 4.78 is 5.22. The number of benzene rings is 1. The van der Waals surface area contributed by atoms with Crippen molar-refractivity contribution in [1.29, 1.82) is 5.26 Å². The lowest BCUT2D eigenvalue weighted by Crippen LogP contribution is -2.50. The summed E-state index contributed by atoms with van der Waals surface area (Å²) in [5, 5.41) is 11.5. The molecule has 2 amide bonds. The molecule has 1 fully saturated rings. The summed E-state index contributed by atoms with van der Waals surface area (Å²) in [7, 11) is 0. The molecule has 1 aromatic rings. The molecule has 1 N–H and O–H groups in total. The molecule has 0 unspecified atom stereocenters. The van der Waals surface area contributed by atoms with Crippen LogP contribution >= 0.6 is 11.8 Å². The van der Waals surface area contributed by atoms with E-state index >= 15 is 0 Å². The van der Waals surface area contributed by atoms with Crippen LogP contribution in [-0.2, 0) is 14.3 Å². The number of carbonyl (C=O) groups is 2. The van der Waals surface area contributed by atoms with Crippen molar-refractivity contribution in [3.05, 3.63) is 29.8 Å². The van der Waals surface area contributed by atoms with Crippen LogP contribution in [-0.4, -0.2) is 54.8 Å². The number of ether oxygens (including phenoxy) is 1. The van der Waals surface area contributed by atoms with Gasteiger partial charge in [0, 0.05) is 30.2 Å². The molecule has 1 atom stereocenters. The minimum absolute atomic E-state index is 0.0635. The van der Waals surface area contributed by atoms with Crippen molar-refractivity contribution < 1.29 is 14.3 Å². The summed E-state index contributed by atoms with van der Waals surface area (Å²) in [6, 6.07) is 8.80. The fourth-order valence-electron chi connectivity index (χ4n) is 2.32. The van der Waals surface area contributed by atoms with E-state index in [1.54, 1.807) is 35.7 Å². The molecule has 1 aliphatic rings. The number of hydrogen-bond donors (Lipinski definition) is 1. The van der Waals surface area contributed by atoms with Crippen LogP contribution in [0.25, 0.3) is 0 Å². The predicted molar refractivity (Wildman–Crippen MR) is 91.5 cm³/mol. The third-order valence-electron chi connectivity index (χ3n) is 3.65. The second-order valence-corrected chi connectivity index (χ2v) is 6.63. The van der Waals surface area contributed by atoms with E-state index in [1.165, 1.54) is 0 Å². The number of nitrogens with zero attached hydrogens (tertiary/aromatic N) is 2. The van der Waals surface area contributed by atoms with Crippen LogP contribution in [0.2, 0.25) is 0 Å². The molecule has 1 aromatic carbocycles. The maximum Gasteiger partial charge on any atom is 0.245 e. The smallest absolute Gasteiger partial charge is 0.245 e. The molecule has 1 aliphatic heterocycles. The van der Waals surface area contributed by atoms with Gasteiger partial charge in [-0.05, 0) is 31.2 Å². The van der Waals surface area contributed by atoms with E-state index in [1.807, 2.05) is 12.1 Å². The number of nitrogens with one attached hydrogen (secondary N) is 1. The summed E-state index contributed by atoms with van der Waals surface area (Å²) >= 11 is 1.55. The number of hydrogen-bond acceptors (Lipinski definition) is 5. The first-order chi connectivity index (χ1) is 11.6. The van der Waals surface area contributed by atoms with E-state index in [9.17, 15) is 9.59 Å². The van der Waals surface area contributed by atoms with Crippen molar-refractivity contribution in [3.63, 3.8) is 0 Å². The largest absolute Gasteiger partial charge is 0.378 e. The van der Waals surface area contributed by atoms with Crippen LogP contribution in [0.4, 0.5) is 0 Å². The SMILES string of the molecule is C[C@@H](NC(=O)CCSc1ccc(C#N)cc1)C(=O)N1CCOCC1. The third kappa shape index (κ3) is 5.55. The Hall–Kier alpha value is -2.04. The van der Waals surface area contributed by atoms with Crippen LogP contribution in [0.15, 0.2) is 29.2 Å². The summed E-state index contributed by atoms with van der Waals surface area (Å²) in [6.45, 7) is 3.96. The highest BCUT2D eigenvalue weighted by Gasteiger charge is 2.23. The Morgan fingerprint density at radius 3 is 2.62 bits per heavy atom. The minimum atomic E-state index is -0.518. The zero-order chi connectivity index (χ0) is 17.4. The van der Waals surface area contributed by atoms with Gasteiger partial charge in [0.2, 0.25) is 11.8 Å². The maximum atomic E-state index is 12.2. The molecular formula is C17H21N3O3S. The summed E-state index contributed by atoms with van der Waals surface area (Å²) in [5.41, 5.74) is 0.618. The molecule has 7 heteroatoms. The molecule has 0 aromatic heterocycles. The Kier molecular flexibility index (Phi) is 7.09. The molecule has 0 spiro atoms. The Morgan fingerprint density at radius 2 is 2.00 bits per heavy atom. The molecule has 0 saturated carbocycles. The third-order valence-corrected chi connectivity index (χ3v) is 4.67. The Labute approximate surface area is 146 Å². The standard InChI is InChI=1S/C17H21N3O3S/c1-13(17(22)20-7-9-23-10-8-20)19-16(21)6-11-24-15-4-2-14(12-18)3-5-15/h2-5,13H,6-11H2,1H3,(H,19,21)/t13-/m1/s1. The van der Waals surface area contributed by atoms with Gasteiger partial charge < -0.3 is 15.0 Å². The molecule has 1 heterocycles. The number of carbonyl (C=O) groups excluding carboxylic acids is 2. The van der Waals surface area contributed by atoms with Crippen LogP contribution in [0.5, 0.6) is 0 Å². The van der Waals surface area contributed by atoms with Gasteiger partial charge in [-0.3, -0.25) is 9.59 Å². The fourth-order valence-corrected chi connectivity index (χ4v) is 3.17. The van der Waals surface area contributed by atoms with Crippen molar-refractivity contribution >= 4 is 23.6 Å². The van der Waals surface area contributed by atoms with Gasteiger partial charge in [-0.2, -0.15) is 5.26 Å². The number of rotatable bonds is 6. The van der Waals surface area contributed by atoms with E-state index in [4.69, 9.17) is 10.00 Å². The van der Waals surface area contributed by atoms with Gasteiger partial charge in [-0.1, -0.05) is 0 Å². The molecule has 6 nitrogen and oxygen atoms in total. The fraction of sp³-hybridized carbons (Fsp3) is 0.471. The number of amides is 2.